The van der Waals surface area contributed by atoms with Crippen LogP contribution in [0.3, 0.4) is 0 Å². The fourth-order valence-electron chi connectivity index (χ4n) is 1.47. The van der Waals surface area contributed by atoms with Crippen LogP contribution in [0.15, 0.2) is 29.8 Å². The molecule has 5 heteroatoms. The molecule has 1 aromatic carbocycles. The molecule has 0 amide bonds. The first-order valence-corrected chi connectivity index (χ1v) is 6.86. The van der Waals surface area contributed by atoms with Gasteiger partial charge in [0.05, 0.1) is 5.75 Å². The molecule has 15 heavy (non-hydrogen) atoms. The number of halogens is 1. The van der Waals surface area contributed by atoms with Crippen molar-refractivity contribution in [3.05, 3.63) is 35.4 Å². The summed E-state index contributed by atoms with van der Waals surface area (Å²) in [5.74, 6) is 0.608. The van der Waals surface area contributed by atoms with Gasteiger partial charge in [0.2, 0.25) is 9.05 Å². The number of hydrogen-bond acceptors (Lipinski definition) is 3. The van der Waals surface area contributed by atoms with Crippen LogP contribution in [-0.2, 0) is 9.05 Å². The second kappa shape index (κ2) is 3.87. The third-order valence-electron chi connectivity index (χ3n) is 2.05. The monoisotopic (exact) mass is 244 g/mol. The van der Waals surface area contributed by atoms with Crippen LogP contribution >= 0.6 is 10.7 Å². The lowest BCUT2D eigenvalue weighted by Gasteiger charge is -2.16. The molecule has 2 rings (SSSR count). The number of fused-ring (bicyclic) bond motifs is 1. The van der Waals surface area contributed by atoms with Crippen LogP contribution in [0.4, 0.5) is 0 Å². The number of rotatable bonds is 2. The van der Waals surface area contributed by atoms with Crippen LogP contribution in [0, 0.1) is 0 Å². The largest absolute Gasteiger partial charge is 0.489 e. The van der Waals surface area contributed by atoms with Crippen molar-refractivity contribution in [3.63, 3.8) is 0 Å². The van der Waals surface area contributed by atoms with Gasteiger partial charge in [-0.3, -0.25) is 0 Å². The van der Waals surface area contributed by atoms with Crippen molar-refractivity contribution < 1.29 is 13.2 Å². The fourth-order valence-corrected chi connectivity index (χ4v) is 2.50. The lowest BCUT2D eigenvalue weighted by atomic mass is 10.1. The maximum Gasteiger partial charge on any atom is 0.236 e. The zero-order valence-electron chi connectivity index (χ0n) is 7.81. The normalized spacial score (nSPS) is 15.1. The van der Waals surface area contributed by atoms with Gasteiger partial charge < -0.3 is 4.74 Å². The molecule has 1 aliphatic rings. The first-order chi connectivity index (χ1) is 7.04. The standard InChI is InChI=1S/C10H9ClO3S/c11-15(12,13)7-8-5-9-3-1-2-4-10(9)14-6-8/h1-5H,6-7H2. The van der Waals surface area contributed by atoms with E-state index in [2.05, 4.69) is 0 Å². The van der Waals surface area contributed by atoms with Gasteiger partial charge in [0.15, 0.2) is 0 Å². The molecule has 0 radical (unpaired) electrons. The van der Waals surface area contributed by atoms with Crippen molar-refractivity contribution in [2.45, 2.75) is 0 Å². The van der Waals surface area contributed by atoms with Gasteiger partial charge in [0.25, 0.3) is 0 Å². The van der Waals surface area contributed by atoms with Gasteiger partial charge in [0, 0.05) is 16.2 Å². The summed E-state index contributed by atoms with van der Waals surface area (Å²) in [6.45, 7) is 0.281. The Bertz CT molecular complexity index is 505. The van der Waals surface area contributed by atoms with Crippen LogP contribution in [0.1, 0.15) is 5.56 Å². The fraction of sp³-hybridized carbons (Fsp3) is 0.200. The predicted molar refractivity (Wildman–Crippen MR) is 59.6 cm³/mol. The van der Waals surface area contributed by atoms with Crippen molar-refractivity contribution in [1.29, 1.82) is 0 Å². The molecule has 0 bridgehead atoms. The summed E-state index contributed by atoms with van der Waals surface area (Å²) in [4.78, 5) is 0. The van der Waals surface area contributed by atoms with Crippen LogP contribution < -0.4 is 4.74 Å². The van der Waals surface area contributed by atoms with E-state index in [1.54, 1.807) is 6.08 Å². The van der Waals surface area contributed by atoms with Crippen molar-refractivity contribution in [3.8, 4) is 5.75 Å². The molecule has 0 atom stereocenters. The third-order valence-corrected chi connectivity index (χ3v) is 3.09. The van der Waals surface area contributed by atoms with Crippen LogP contribution in [0.5, 0.6) is 5.75 Å². The molecule has 0 spiro atoms. The SMILES string of the molecule is O=S(=O)(Cl)CC1=Cc2ccccc2OC1. The molecule has 1 aromatic rings. The summed E-state index contributed by atoms with van der Waals surface area (Å²) in [6.07, 6.45) is 1.80. The lowest BCUT2D eigenvalue weighted by Crippen LogP contribution is -2.13. The minimum Gasteiger partial charge on any atom is -0.489 e. The van der Waals surface area contributed by atoms with Gasteiger partial charge in [-0.1, -0.05) is 18.2 Å². The Morgan fingerprint density at radius 2 is 2.07 bits per heavy atom. The van der Waals surface area contributed by atoms with E-state index >= 15 is 0 Å². The van der Waals surface area contributed by atoms with E-state index in [9.17, 15) is 8.42 Å². The van der Waals surface area contributed by atoms with Crippen LogP contribution in [-0.4, -0.2) is 20.8 Å². The quantitative estimate of drug-likeness (QED) is 0.748. The second-order valence-corrected chi connectivity index (χ2v) is 6.09. The summed E-state index contributed by atoms with van der Waals surface area (Å²) < 4.78 is 27.2. The van der Waals surface area contributed by atoms with Gasteiger partial charge in [-0.05, 0) is 17.7 Å². The molecule has 0 aromatic heterocycles. The molecule has 3 nitrogen and oxygen atoms in total. The van der Waals surface area contributed by atoms with Crippen molar-refractivity contribution >= 4 is 25.8 Å². The lowest BCUT2D eigenvalue weighted by molar-refractivity contribution is 0.347. The summed E-state index contributed by atoms with van der Waals surface area (Å²) in [5.41, 5.74) is 1.56. The first kappa shape index (κ1) is 10.5. The molecule has 1 heterocycles. The average molecular weight is 245 g/mol. The first-order valence-electron chi connectivity index (χ1n) is 4.38. The van der Waals surface area contributed by atoms with Crippen molar-refractivity contribution in [2.75, 3.05) is 12.4 Å². The Morgan fingerprint density at radius 1 is 1.33 bits per heavy atom. The molecule has 0 saturated heterocycles. The maximum atomic E-state index is 10.9. The van der Waals surface area contributed by atoms with Crippen LogP contribution in [0.2, 0.25) is 0 Å². The highest BCUT2D eigenvalue weighted by Crippen LogP contribution is 2.26. The third kappa shape index (κ3) is 2.73. The van der Waals surface area contributed by atoms with Gasteiger partial charge in [-0.2, -0.15) is 0 Å². The average Bonchev–Trinajstić information content (AvgIpc) is 2.15. The minimum absolute atomic E-state index is 0.164. The van der Waals surface area contributed by atoms with E-state index in [1.807, 2.05) is 24.3 Å². The Hall–Kier alpha value is -1.00. The predicted octanol–water partition coefficient (Wildman–Crippen LogP) is 2.03. The van der Waals surface area contributed by atoms with E-state index in [4.69, 9.17) is 15.4 Å². The highest BCUT2D eigenvalue weighted by molar-refractivity contribution is 8.13. The van der Waals surface area contributed by atoms with E-state index in [0.717, 1.165) is 11.3 Å². The van der Waals surface area contributed by atoms with Gasteiger partial charge >= 0.3 is 0 Å². The Morgan fingerprint density at radius 3 is 2.80 bits per heavy atom. The Balaban J connectivity index is 2.30. The molecule has 0 unspecified atom stereocenters. The van der Waals surface area contributed by atoms with Crippen molar-refractivity contribution in [1.82, 2.24) is 0 Å². The summed E-state index contributed by atoms with van der Waals surface area (Å²) in [6, 6.07) is 7.46. The summed E-state index contributed by atoms with van der Waals surface area (Å²) in [7, 11) is 1.67. The number of para-hydroxylation sites is 1. The smallest absolute Gasteiger partial charge is 0.236 e. The topological polar surface area (TPSA) is 43.4 Å². The number of benzene rings is 1. The summed E-state index contributed by atoms with van der Waals surface area (Å²) >= 11 is 0. The van der Waals surface area contributed by atoms with Gasteiger partial charge in [0.1, 0.15) is 12.4 Å². The molecule has 1 aliphatic heterocycles. The molecular weight excluding hydrogens is 236 g/mol. The molecule has 80 valence electrons. The maximum absolute atomic E-state index is 10.9. The Kier molecular flexibility index (Phi) is 2.71. The molecular formula is C10H9ClO3S. The van der Waals surface area contributed by atoms with E-state index in [1.165, 1.54) is 0 Å². The number of hydrogen-bond donors (Lipinski definition) is 0. The van der Waals surface area contributed by atoms with Gasteiger partial charge in [-0.25, -0.2) is 8.42 Å². The van der Waals surface area contributed by atoms with Crippen molar-refractivity contribution in [2.24, 2.45) is 0 Å². The molecule has 0 N–H and O–H groups in total. The minimum atomic E-state index is -3.50. The zero-order valence-corrected chi connectivity index (χ0v) is 9.38. The second-order valence-electron chi connectivity index (χ2n) is 3.31. The number of ether oxygens (including phenoxy) is 1. The summed E-state index contributed by atoms with van der Waals surface area (Å²) in [5, 5.41) is 0. The highest BCUT2D eigenvalue weighted by Gasteiger charge is 2.15. The molecule has 0 saturated carbocycles. The van der Waals surface area contributed by atoms with Crippen LogP contribution in [0.25, 0.3) is 6.08 Å². The molecule has 0 aliphatic carbocycles. The van der Waals surface area contributed by atoms with E-state index < -0.39 is 9.05 Å². The van der Waals surface area contributed by atoms with E-state index in [-0.39, 0.29) is 12.4 Å². The van der Waals surface area contributed by atoms with Gasteiger partial charge in [-0.15, -0.1) is 0 Å². The highest BCUT2D eigenvalue weighted by atomic mass is 35.7. The Labute approximate surface area is 92.7 Å². The van der Waals surface area contributed by atoms with E-state index in [0.29, 0.717) is 5.57 Å². The zero-order chi connectivity index (χ0) is 10.9. The molecule has 0 fully saturated rings.